The molecule has 2 rings (SSSR count). The van der Waals surface area contributed by atoms with E-state index in [1.807, 2.05) is 27.0 Å². The molecule has 2 aromatic carbocycles. The zero-order valence-corrected chi connectivity index (χ0v) is 11.6. The third-order valence-electron chi connectivity index (χ3n) is 2.72. The highest BCUT2D eigenvalue weighted by molar-refractivity contribution is 5.63. The topological polar surface area (TPSA) is 12.0 Å². The first-order valence-electron chi connectivity index (χ1n) is 6.69. The summed E-state index contributed by atoms with van der Waals surface area (Å²) < 4.78 is 0. The van der Waals surface area contributed by atoms with Gasteiger partial charge in [-0.1, -0.05) is 68.4 Å². The lowest BCUT2D eigenvalue weighted by Crippen LogP contribution is -2.10. The maximum absolute atomic E-state index is 3.16. The van der Waals surface area contributed by atoms with Crippen molar-refractivity contribution >= 4 is 0 Å². The minimum atomic E-state index is 1.03. The minimum absolute atomic E-state index is 1.03. The number of hydrogen-bond acceptors (Lipinski definition) is 1. The van der Waals surface area contributed by atoms with Gasteiger partial charge < -0.3 is 5.32 Å². The Bertz CT molecular complexity index is 417. The Morgan fingerprint density at radius 1 is 0.778 bits per heavy atom. The molecular formula is C17H23N. The first-order chi connectivity index (χ1) is 8.90. The molecule has 1 N–H and O–H groups in total. The molecule has 96 valence electrons. The van der Waals surface area contributed by atoms with E-state index in [2.05, 4.69) is 53.8 Å². The molecular weight excluding hydrogens is 218 g/mol. The van der Waals surface area contributed by atoms with Crippen molar-refractivity contribution in [3.8, 4) is 11.1 Å². The van der Waals surface area contributed by atoms with Crippen LogP contribution in [0.3, 0.4) is 0 Å². The highest BCUT2D eigenvalue weighted by Gasteiger charge is 1.96. The van der Waals surface area contributed by atoms with E-state index in [9.17, 15) is 0 Å². The van der Waals surface area contributed by atoms with Crippen molar-refractivity contribution < 1.29 is 0 Å². The van der Waals surface area contributed by atoms with E-state index >= 15 is 0 Å². The standard InChI is InChI=1S/C15H17N.C2H6/c1-16-12-11-13-7-9-15(10-8-13)14-5-3-2-4-6-14;1-2/h2-10,16H,11-12H2,1H3;1-2H3. The fraction of sp³-hybridized carbons (Fsp3) is 0.294. The van der Waals surface area contributed by atoms with Crippen LogP contribution in [0.1, 0.15) is 19.4 Å². The predicted octanol–water partition coefficient (Wildman–Crippen LogP) is 4.14. The maximum atomic E-state index is 3.16. The summed E-state index contributed by atoms with van der Waals surface area (Å²) in [4.78, 5) is 0. The Kier molecular flexibility index (Phi) is 6.82. The normalized spacial score (nSPS) is 9.50. The summed E-state index contributed by atoms with van der Waals surface area (Å²) in [6.45, 7) is 5.03. The van der Waals surface area contributed by atoms with Gasteiger partial charge in [0.05, 0.1) is 0 Å². The first kappa shape index (κ1) is 14.5. The van der Waals surface area contributed by atoms with E-state index in [0.717, 1.165) is 13.0 Å². The third-order valence-corrected chi connectivity index (χ3v) is 2.72. The summed E-state index contributed by atoms with van der Waals surface area (Å²) in [6, 6.07) is 19.3. The van der Waals surface area contributed by atoms with Gasteiger partial charge in [-0.3, -0.25) is 0 Å². The van der Waals surface area contributed by atoms with Crippen LogP contribution in [0.5, 0.6) is 0 Å². The Labute approximate surface area is 111 Å². The summed E-state index contributed by atoms with van der Waals surface area (Å²) in [5.74, 6) is 0. The summed E-state index contributed by atoms with van der Waals surface area (Å²) in [5, 5.41) is 3.16. The van der Waals surface area contributed by atoms with Gasteiger partial charge in [0.2, 0.25) is 0 Å². The molecule has 1 heteroatoms. The smallest absolute Gasteiger partial charge is 0.00114 e. The average Bonchev–Trinajstić information content (AvgIpc) is 2.49. The summed E-state index contributed by atoms with van der Waals surface area (Å²) in [6.07, 6.45) is 1.09. The van der Waals surface area contributed by atoms with Crippen LogP contribution in [0.4, 0.5) is 0 Å². The molecule has 0 aliphatic rings. The Hall–Kier alpha value is -1.60. The zero-order valence-electron chi connectivity index (χ0n) is 11.6. The Morgan fingerprint density at radius 2 is 1.33 bits per heavy atom. The first-order valence-corrected chi connectivity index (χ1v) is 6.69. The van der Waals surface area contributed by atoms with E-state index in [1.165, 1.54) is 16.7 Å². The van der Waals surface area contributed by atoms with Crippen molar-refractivity contribution in [2.24, 2.45) is 0 Å². The molecule has 0 unspecified atom stereocenters. The molecule has 0 aromatic heterocycles. The average molecular weight is 241 g/mol. The molecule has 0 amide bonds. The molecule has 0 spiro atoms. The molecule has 0 saturated carbocycles. The van der Waals surface area contributed by atoms with E-state index in [4.69, 9.17) is 0 Å². The lowest BCUT2D eigenvalue weighted by molar-refractivity contribution is 0.792. The van der Waals surface area contributed by atoms with Crippen molar-refractivity contribution in [3.63, 3.8) is 0 Å². The molecule has 18 heavy (non-hydrogen) atoms. The van der Waals surface area contributed by atoms with Crippen molar-refractivity contribution in [2.45, 2.75) is 20.3 Å². The van der Waals surface area contributed by atoms with Crippen LogP contribution in [0.15, 0.2) is 54.6 Å². The molecule has 0 saturated heterocycles. The fourth-order valence-electron chi connectivity index (χ4n) is 1.76. The van der Waals surface area contributed by atoms with E-state index in [0.29, 0.717) is 0 Å². The molecule has 0 aliphatic carbocycles. The summed E-state index contributed by atoms with van der Waals surface area (Å²) >= 11 is 0. The maximum Gasteiger partial charge on any atom is -0.00114 e. The van der Waals surface area contributed by atoms with Gasteiger partial charge >= 0.3 is 0 Å². The lowest BCUT2D eigenvalue weighted by Gasteiger charge is -2.04. The van der Waals surface area contributed by atoms with Gasteiger partial charge in [0.25, 0.3) is 0 Å². The largest absolute Gasteiger partial charge is 0.319 e. The molecule has 0 fully saturated rings. The highest BCUT2D eigenvalue weighted by atomic mass is 14.8. The highest BCUT2D eigenvalue weighted by Crippen LogP contribution is 2.19. The zero-order chi connectivity index (χ0) is 13.2. The van der Waals surface area contributed by atoms with Crippen LogP contribution in [-0.2, 0) is 6.42 Å². The second-order valence-electron chi connectivity index (χ2n) is 3.92. The van der Waals surface area contributed by atoms with E-state index < -0.39 is 0 Å². The lowest BCUT2D eigenvalue weighted by atomic mass is 10.0. The molecule has 0 heterocycles. The summed E-state index contributed by atoms with van der Waals surface area (Å²) in [5.41, 5.74) is 3.95. The van der Waals surface area contributed by atoms with Crippen LogP contribution >= 0.6 is 0 Å². The Morgan fingerprint density at radius 3 is 1.89 bits per heavy atom. The van der Waals surface area contributed by atoms with Gasteiger partial charge in [0.15, 0.2) is 0 Å². The van der Waals surface area contributed by atoms with Crippen molar-refractivity contribution in [1.29, 1.82) is 0 Å². The molecule has 0 atom stereocenters. The number of nitrogens with one attached hydrogen (secondary N) is 1. The van der Waals surface area contributed by atoms with Crippen LogP contribution in [-0.4, -0.2) is 13.6 Å². The van der Waals surface area contributed by atoms with Crippen LogP contribution in [0, 0.1) is 0 Å². The van der Waals surface area contributed by atoms with Crippen LogP contribution in [0.25, 0.3) is 11.1 Å². The number of likely N-dealkylation sites (N-methyl/N-ethyl adjacent to an activating group) is 1. The summed E-state index contributed by atoms with van der Waals surface area (Å²) in [7, 11) is 1.98. The number of rotatable bonds is 4. The van der Waals surface area contributed by atoms with Crippen LogP contribution < -0.4 is 5.32 Å². The fourth-order valence-corrected chi connectivity index (χ4v) is 1.76. The van der Waals surface area contributed by atoms with Gasteiger partial charge in [0.1, 0.15) is 0 Å². The molecule has 2 aromatic rings. The van der Waals surface area contributed by atoms with E-state index in [1.54, 1.807) is 0 Å². The van der Waals surface area contributed by atoms with Gasteiger partial charge in [0, 0.05) is 0 Å². The molecule has 0 aliphatic heterocycles. The van der Waals surface area contributed by atoms with Crippen molar-refractivity contribution in [2.75, 3.05) is 13.6 Å². The quantitative estimate of drug-likeness (QED) is 0.848. The third kappa shape index (κ3) is 4.34. The van der Waals surface area contributed by atoms with Crippen molar-refractivity contribution in [3.05, 3.63) is 60.2 Å². The second-order valence-corrected chi connectivity index (χ2v) is 3.92. The number of benzene rings is 2. The predicted molar refractivity (Wildman–Crippen MR) is 80.9 cm³/mol. The van der Waals surface area contributed by atoms with Gasteiger partial charge in [-0.25, -0.2) is 0 Å². The molecule has 0 bridgehead atoms. The van der Waals surface area contributed by atoms with Gasteiger partial charge in [-0.2, -0.15) is 0 Å². The van der Waals surface area contributed by atoms with Crippen LogP contribution in [0.2, 0.25) is 0 Å². The molecule has 0 radical (unpaired) electrons. The van der Waals surface area contributed by atoms with E-state index in [-0.39, 0.29) is 0 Å². The van der Waals surface area contributed by atoms with Crippen molar-refractivity contribution in [1.82, 2.24) is 5.32 Å². The SMILES string of the molecule is CC.CNCCc1ccc(-c2ccccc2)cc1. The Balaban J connectivity index is 0.000000771. The van der Waals surface area contributed by atoms with Gasteiger partial charge in [-0.15, -0.1) is 0 Å². The second kappa shape index (κ2) is 8.48. The van der Waals surface area contributed by atoms with Gasteiger partial charge in [-0.05, 0) is 36.7 Å². The molecule has 1 nitrogen and oxygen atoms in total. The monoisotopic (exact) mass is 241 g/mol. The minimum Gasteiger partial charge on any atom is -0.319 e. The number of hydrogen-bond donors (Lipinski definition) is 1.